The van der Waals surface area contributed by atoms with Crippen LogP contribution in [0.2, 0.25) is 6.04 Å². The molecule has 0 aliphatic carbocycles. The number of benzene rings is 4. The van der Waals surface area contributed by atoms with Gasteiger partial charge >= 0.3 is 14.9 Å². The van der Waals surface area contributed by atoms with Crippen molar-refractivity contribution >= 4 is 49.3 Å². The van der Waals surface area contributed by atoms with Crippen LogP contribution in [0.4, 0.5) is 27.5 Å². The number of nitrogens with zero attached hydrogens (tertiary/aromatic N) is 3. The molecule has 50 heavy (non-hydrogen) atoms. The molecule has 11 nitrogen and oxygen atoms in total. The highest BCUT2D eigenvalue weighted by Gasteiger charge is 2.39. The quantitative estimate of drug-likeness (QED) is 0.0271. The summed E-state index contributed by atoms with van der Waals surface area (Å²) in [5.41, 5.74) is 5.36. The van der Waals surface area contributed by atoms with Gasteiger partial charge in [-0.05, 0) is 98.5 Å². The molecule has 0 saturated heterocycles. The number of ether oxygens (including phenoxy) is 1. The second kappa shape index (κ2) is 19.0. The van der Waals surface area contributed by atoms with Gasteiger partial charge in [0.1, 0.15) is 6.61 Å². The van der Waals surface area contributed by atoms with E-state index in [1.165, 1.54) is 12.1 Å². The molecule has 0 aliphatic heterocycles. The third-order valence-corrected chi connectivity index (χ3v) is 10.7. The predicted molar refractivity (Wildman–Crippen MR) is 196 cm³/mol. The molecule has 0 fully saturated rings. The van der Waals surface area contributed by atoms with Gasteiger partial charge in [0.05, 0.1) is 16.6 Å². The molecule has 0 heterocycles. The van der Waals surface area contributed by atoms with Gasteiger partial charge < -0.3 is 28.2 Å². The second-order valence-electron chi connectivity index (χ2n) is 11.0. The number of rotatable bonds is 18. The number of hydrogen-bond acceptors (Lipinski definition) is 9. The molecule has 0 radical (unpaired) electrons. The largest absolute Gasteiger partial charge is 0.500 e. The third-order valence-electron chi connectivity index (χ3n) is 7.57. The Morgan fingerprint density at radius 1 is 0.840 bits per heavy atom. The van der Waals surface area contributed by atoms with Crippen LogP contribution in [0.3, 0.4) is 0 Å². The van der Waals surface area contributed by atoms with Crippen molar-refractivity contribution in [1.82, 2.24) is 5.32 Å². The highest BCUT2D eigenvalue weighted by molar-refractivity contribution is 6.60. The minimum atomic E-state index is -2.76. The molecule has 260 valence electrons. The number of nitriles is 1. The first-order chi connectivity index (χ1) is 24.3. The van der Waals surface area contributed by atoms with Crippen LogP contribution >= 0.6 is 0 Å². The van der Waals surface area contributed by atoms with Crippen molar-refractivity contribution in [3.8, 4) is 6.07 Å². The van der Waals surface area contributed by atoms with Gasteiger partial charge in [-0.3, -0.25) is 10.1 Å². The summed E-state index contributed by atoms with van der Waals surface area (Å²) in [5.74, 6) is 0. The van der Waals surface area contributed by atoms with Crippen LogP contribution in [0.1, 0.15) is 43.9 Å². The Labute approximate surface area is 294 Å². The number of amides is 1. The molecule has 0 atom stereocenters. The number of non-ortho nitro benzene ring substituents is 1. The zero-order chi connectivity index (χ0) is 35.8. The first kappa shape index (κ1) is 37.5. The van der Waals surface area contributed by atoms with Gasteiger partial charge in [0.25, 0.3) is 5.69 Å². The van der Waals surface area contributed by atoms with Gasteiger partial charge in [-0.1, -0.05) is 42.5 Å². The molecule has 0 aromatic heterocycles. The molecule has 1 amide bonds. The van der Waals surface area contributed by atoms with Crippen molar-refractivity contribution in [3.05, 3.63) is 130 Å². The Morgan fingerprint density at radius 3 is 1.94 bits per heavy atom. The lowest BCUT2D eigenvalue weighted by molar-refractivity contribution is -0.384. The lowest BCUT2D eigenvalue weighted by Crippen LogP contribution is -2.46. The number of allylic oxidation sites excluding steroid dienone is 1. The lowest BCUT2D eigenvalue weighted by Gasteiger charge is -2.28. The minimum Gasteiger partial charge on any atom is -0.445 e. The number of nitro benzene ring substituents is 1. The van der Waals surface area contributed by atoms with E-state index in [1.54, 1.807) is 18.2 Å². The van der Waals surface area contributed by atoms with Gasteiger partial charge in [0, 0.05) is 61.6 Å². The summed E-state index contributed by atoms with van der Waals surface area (Å²) in [5, 5.41) is 23.6. The number of para-hydroxylation sites is 1. The molecule has 0 bridgehead atoms. The number of alkyl carbamates (subject to hydrolysis) is 1. The Bertz CT molecular complexity index is 1730. The fourth-order valence-corrected chi connectivity index (χ4v) is 7.90. The van der Waals surface area contributed by atoms with Crippen LogP contribution in [-0.4, -0.2) is 46.2 Å². The summed E-state index contributed by atoms with van der Waals surface area (Å²) >= 11 is 0. The van der Waals surface area contributed by atoms with Crippen LogP contribution in [0.15, 0.2) is 103 Å². The average molecular weight is 695 g/mol. The predicted octanol–water partition coefficient (Wildman–Crippen LogP) is 8.79. The zero-order valence-corrected chi connectivity index (χ0v) is 29.5. The minimum absolute atomic E-state index is 0.0310. The van der Waals surface area contributed by atoms with Crippen LogP contribution in [0.25, 0.3) is 11.6 Å². The topological polar surface area (TPSA) is 136 Å². The van der Waals surface area contributed by atoms with Crippen molar-refractivity contribution in [2.75, 3.05) is 31.3 Å². The van der Waals surface area contributed by atoms with Gasteiger partial charge in [0.15, 0.2) is 0 Å². The van der Waals surface area contributed by atoms with Gasteiger partial charge in [0.2, 0.25) is 0 Å². The summed E-state index contributed by atoms with van der Waals surface area (Å²) in [6.45, 7) is 7.79. The van der Waals surface area contributed by atoms with Gasteiger partial charge in [-0.2, -0.15) is 5.26 Å². The van der Waals surface area contributed by atoms with Crippen molar-refractivity contribution in [3.63, 3.8) is 0 Å². The normalized spacial score (nSPS) is 11.4. The fraction of sp³-hybridized carbons (Fsp3) is 0.263. The highest BCUT2D eigenvalue weighted by atomic mass is 28.4. The molecule has 4 aromatic carbocycles. The van der Waals surface area contributed by atoms with E-state index in [-0.39, 0.29) is 12.3 Å². The maximum absolute atomic E-state index is 12.4. The molecule has 4 aromatic rings. The Morgan fingerprint density at radius 2 is 1.40 bits per heavy atom. The maximum atomic E-state index is 12.4. The molecule has 0 unspecified atom stereocenters. The summed E-state index contributed by atoms with van der Waals surface area (Å²) in [4.78, 5) is 25.1. The van der Waals surface area contributed by atoms with E-state index >= 15 is 0 Å². The second-order valence-corrected chi connectivity index (χ2v) is 13.7. The molecule has 0 saturated carbocycles. The standard InChI is InChI=1S/C38H42N4O7Si/c1-4-47-50(48-5-2,49-6-3)26-10-25-40-38(43)46-29-31-15-21-36(22-16-31)41(34-11-8-7-9-12-34)35-19-13-30(14-20-35)27-33(28-39)32-17-23-37(24-18-32)42(44)45/h7-9,11-24,27H,4-6,10,25-26,29H2,1-3H3,(H,40,43)/b33-27+. The SMILES string of the molecule is CCO[Si](CCCNC(=O)OCc1ccc(N(c2ccccc2)c2ccc(/C=C(\C#N)c3ccc([N+](=O)[O-])cc3)cc2)cc1)(OCC)OCC. The van der Waals surface area contributed by atoms with Gasteiger partial charge in [-0.15, -0.1) is 0 Å². The van der Waals surface area contributed by atoms with E-state index < -0.39 is 19.8 Å². The summed E-state index contributed by atoms with van der Waals surface area (Å²) in [6, 6.07) is 34.2. The molecular weight excluding hydrogens is 653 g/mol. The first-order valence-corrected chi connectivity index (χ1v) is 18.5. The summed E-state index contributed by atoms with van der Waals surface area (Å²) < 4.78 is 23.1. The average Bonchev–Trinajstić information content (AvgIpc) is 3.13. The summed E-state index contributed by atoms with van der Waals surface area (Å²) in [6.07, 6.45) is 1.89. The van der Waals surface area contributed by atoms with E-state index in [0.29, 0.717) is 50.0 Å². The molecular formula is C38H42N4O7Si. The first-order valence-electron chi connectivity index (χ1n) is 16.5. The monoisotopic (exact) mass is 694 g/mol. The van der Waals surface area contributed by atoms with E-state index in [0.717, 1.165) is 28.2 Å². The lowest BCUT2D eigenvalue weighted by atomic mass is 10.0. The number of nitro groups is 1. The van der Waals surface area contributed by atoms with E-state index in [1.807, 2.05) is 99.6 Å². The third kappa shape index (κ3) is 10.6. The van der Waals surface area contributed by atoms with Crippen LogP contribution < -0.4 is 10.2 Å². The Hall–Kier alpha value is -5.32. The molecule has 0 aliphatic rings. The fourth-order valence-electron chi connectivity index (χ4n) is 5.29. The molecule has 0 spiro atoms. The molecule has 1 N–H and O–H groups in total. The smallest absolute Gasteiger partial charge is 0.445 e. The van der Waals surface area contributed by atoms with E-state index in [4.69, 9.17) is 18.0 Å². The zero-order valence-electron chi connectivity index (χ0n) is 28.5. The van der Waals surface area contributed by atoms with Crippen molar-refractivity contribution in [2.45, 2.75) is 39.8 Å². The number of anilines is 3. The molecule has 12 heteroatoms. The maximum Gasteiger partial charge on any atom is 0.500 e. The van der Waals surface area contributed by atoms with Crippen molar-refractivity contribution in [2.24, 2.45) is 0 Å². The number of carbonyl (C=O) groups excluding carboxylic acids is 1. The number of hydrogen-bond donors (Lipinski definition) is 1. The molecule has 4 rings (SSSR count). The van der Waals surface area contributed by atoms with Crippen LogP contribution in [-0.2, 0) is 24.6 Å². The van der Waals surface area contributed by atoms with Crippen molar-refractivity contribution < 1.29 is 27.7 Å². The number of carbonyl (C=O) groups is 1. The Kier molecular flexibility index (Phi) is 14.3. The number of nitrogens with one attached hydrogen (secondary N) is 1. The Balaban J connectivity index is 1.40. The van der Waals surface area contributed by atoms with Crippen molar-refractivity contribution in [1.29, 1.82) is 5.26 Å². The van der Waals surface area contributed by atoms with E-state index in [2.05, 4.69) is 16.3 Å². The van der Waals surface area contributed by atoms with E-state index in [9.17, 15) is 20.2 Å². The van der Waals surface area contributed by atoms with Crippen LogP contribution in [0.5, 0.6) is 0 Å². The highest BCUT2D eigenvalue weighted by Crippen LogP contribution is 2.35. The summed E-state index contributed by atoms with van der Waals surface area (Å²) in [7, 11) is -2.76. The van der Waals surface area contributed by atoms with Gasteiger partial charge in [-0.25, -0.2) is 4.79 Å². The van der Waals surface area contributed by atoms with Crippen LogP contribution in [0, 0.1) is 21.4 Å².